The van der Waals surface area contributed by atoms with Crippen LogP contribution >= 0.6 is 0 Å². The summed E-state index contributed by atoms with van der Waals surface area (Å²) in [7, 11) is 0. The number of nitrogens with zero attached hydrogens (tertiary/aromatic N) is 3. The van der Waals surface area contributed by atoms with Crippen LogP contribution < -0.4 is 5.32 Å². The second-order valence-corrected chi connectivity index (χ2v) is 8.77. The fourth-order valence-electron chi connectivity index (χ4n) is 4.87. The van der Waals surface area contributed by atoms with Gasteiger partial charge < -0.3 is 14.8 Å². The van der Waals surface area contributed by atoms with Crippen LogP contribution in [-0.4, -0.2) is 39.4 Å². The number of imidazole rings is 1. The Bertz CT molecular complexity index is 861. The van der Waals surface area contributed by atoms with Gasteiger partial charge in [0.15, 0.2) is 0 Å². The summed E-state index contributed by atoms with van der Waals surface area (Å²) < 4.78 is 2.12. The molecule has 1 saturated heterocycles. The molecule has 2 fully saturated rings. The molecule has 1 N–H and O–H groups in total. The van der Waals surface area contributed by atoms with E-state index in [0.29, 0.717) is 19.5 Å². The summed E-state index contributed by atoms with van der Waals surface area (Å²) in [5.74, 6) is 1.35. The zero-order valence-corrected chi connectivity index (χ0v) is 17.9. The monoisotopic (exact) mass is 410 g/mol. The maximum Gasteiger partial charge on any atom is 0.224 e. The van der Waals surface area contributed by atoms with Crippen LogP contribution in [0.5, 0.6) is 0 Å². The maximum atomic E-state index is 12.8. The van der Waals surface area contributed by atoms with Crippen molar-refractivity contribution in [3.8, 4) is 0 Å². The molecule has 30 heavy (non-hydrogen) atoms. The summed E-state index contributed by atoms with van der Waals surface area (Å²) in [6, 6.07) is 8.02. The van der Waals surface area contributed by atoms with E-state index in [0.717, 1.165) is 68.5 Å². The molecule has 162 valence electrons. The number of likely N-dealkylation sites (tertiary alicyclic amines) is 1. The van der Waals surface area contributed by atoms with Crippen LogP contribution in [0.25, 0.3) is 11.0 Å². The molecule has 1 aromatic heterocycles. The van der Waals surface area contributed by atoms with Gasteiger partial charge in [0.25, 0.3) is 0 Å². The number of hydrogen-bond donors (Lipinski definition) is 1. The number of nitrogens with one attached hydrogen (secondary N) is 1. The lowest BCUT2D eigenvalue weighted by molar-refractivity contribution is -0.131. The molecule has 1 aliphatic heterocycles. The average Bonchev–Trinajstić information content (AvgIpc) is 2.93. The van der Waals surface area contributed by atoms with Crippen molar-refractivity contribution in [1.82, 2.24) is 19.8 Å². The molecule has 0 spiro atoms. The number of hydrogen-bond acceptors (Lipinski definition) is 3. The lowest BCUT2D eigenvalue weighted by Gasteiger charge is -2.21. The van der Waals surface area contributed by atoms with Gasteiger partial charge in [0.2, 0.25) is 11.8 Å². The third-order valence-corrected chi connectivity index (χ3v) is 6.64. The summed E-state index contributed by atoms with van der Waals surface area (Å²) in [4.78, 5) is 32.2. The SMILES string of the molecule is O=C(NCc1nc2ccccc2n1CCC(=O)N1CCCCCC1)C1CCCCC1. The minimum absolute atomic E-state index is 0.140. The van der Waals surface area contributed by atoms with E-state index in [1.807, 2.05) is 29.2 Å². The van der Waals surface area contributed by atoms with Crippen LogP contribution in [0.2, 0.25) is 0 Å². The van der Waals surface area contributed by atoms with Crippen molar-refractivity contribution in [2.24, 2.45) is 5.92 Å². The molecule has 0 bridgehead atoms. The number of aryl methyl sites for hydroxylation is 1. The molecular weight excluding hydrogens is 376 g/mol. The van der Waals surface area contributed by atoms with Crippen molar-refractivity contribution in [2.75, 3.05) is 13.1 Å². The molecule has 2 amide bonds. The number of carbonyl (C=O) groups is 2. The van der Waals surface area contributed by atoms with E-state index in [-0.39, 0.29) is 17.7 Å². The smallest absolute Gasteiger partial charge is 0.224 e. The highest BCUT2D eigenvalue weighted by Gasteiger charge is 2.22. The molecule has 1 aliphatic carbocycles. The van der Waals surface area contributed by atoms with Gasteiger partial charge in [-0.25, -0.2) is 4.98 Å². The molecule has 1 aromatic carbocycles. The van der Waals surface area contributed by atoms with Gasteiger partial charge in [0.05, 0.1) is 17.6 Å². The van der Waals surface area contributed by atoms with E-state index in [1.54, 1.807) is 0 Å². The van der Waals surface area contributed by atoms with Crippen molar-refractivity contribution < 1.29 is 9.59 Å². The van der Waals surface area contributed by atoms with E-state index < -0.39 is 0 Å². The van der Waals surface area contributed by atoms with Crippen molar-refractivity contribution in [2.45, 2.75) is 77.3 Å². The molecule has 0 atom stereocenters. The second-order valence-electron chi connectivity index (χ2n) is 8.77. The van der Waals surface area contributed by atoms with Crippen LogP contribution in [0.3, 0.4) is 0 Å². The van der Waals surface area contributed by atoms with Crippen molar-refractivity contribution in [1.29, 1.82) is 0 Å². The van der Waals surface area contributed by atoms with Gasteiger partial charge in [-0.15, -0.1) is 0 Å². The Morgan fingerprint density at radius 1 is 0.967 bits per heavy atom. The molecule has 6 heteroatoms. The van der Waals surface area contributed by atoms with E-state index in [1.165, 1.54) is 19.3 Å². The normalized spacial score (nSPS) is 18.3. The molecule has 2 heterocycles. The Hall–Kier alpha value is -2.37. The zero-order chi connectivity index (χ0) is 20.8. The molecule has 2 aliphatic rings. The topological polar surface area (TPSA) is 67.2 Å². The molecule has 6 nitrogen and oxygen atoms in total. The second kappa shape index (κ2) is 10.1. The summed E-state index contributed by atoms with van der Waals surface area (Å²) in [6.45, 7) is 2.79. The molecular formula is C24H34N4O2. The molecule has 0 unspecified atom stereocenters. The van der Waals surface area contributed by atoms with E-state index in [2.05, 4.69) is 9.88 Å². The fourth-order valence-corrected chi connectivity index (χ4v) is 4.87. The van der Waals surface area contributed by atoms with Crippen LogP contribution in [-0.2, 0) is 22.7 Å². The number of amides is 2. The van der Waals surface area contributed by atoms with Gasteiger partial charge in [0, 0.05) is 32.0 Å². The lowest BCUT2D eigenvalue weighted by Crippen LogP contribution is -2.33. The first kappa shape index (κ1) is 20.9. The van der Waals surface area contributed by atoms with Crippen LogP contribution in [0.15, 0.2) is 24.3 Å². The molecule has 4 rings (SSSR count). The van der Waals surface area contributed by atoms with Gasteiger partial charge >= 0.3 is 0 Å². The largest absolute Gasteiger partial charge is 0.349 e. The zero-order valence-electron chi connectivity index (χ0n) is 17.9. The summed E-state index contributed by atoms with van der Waals surface area (Å²) in [5.41, 5.74) is 1.95. The third kappa shape index (κ3) is 5.02. The van der Waals surface area contributed by atoms with Crippen LogP contribution in [0.4, 0.5) is 0 Å². The number of fused-ring (bicyclic) bond motifs is 1. The number of carbonyl (C=O) groups excluding carboxylic acids is 2. The highest BCUT2D eigenvalue weighted by Crippen LogP contribution is 2.24. The number of aromatic nitrogens is 2. The summed E-state index contributed by atoms with van der Waals surface area (Å²) >= 11 is 0. The standard InChI is InChI=1S/C24H34N4O2/c29-23(27-15-8-1-2-9-16-27)14-17-28-21-13-7-6-12-20(21)26-22(28)18-25-24(30)19-10-4-3-5-11-19/h6-7,12-13,19H,1-5,8-11,14-18H2,(H,25,30). The van der Waals surface area contributed by atoms with E-state index in [4.69, 9.17) is 4.98 Å². The fraction of sp³-hybridized carbons (Fsp3) is 0.625. The number of benzene rings is 1. The minimum Gasteiger partial charge on any atom is -0.349 e. The lowest BCUT2D eigenvalue weighted by atomic mass is 9.89. The number of rotatable bonds is 6. The predicted molar refractivity (Wildman–Crippen MR) is 118 cm³/mol. The van der Waals surface area contributed by atoms with E-state index >= 15 is 0 Å². The first-order chi connectivity index (χ1) is 14.7. The number of para-hydroxylation sites is 2. The van der Waals surface area contributed by atoms with E-state index in [9.17, 15) is 9.59 Å². The third-order valence-electron chi connectivity index (χ3n) is 6.64. The van der Waals surface area contributed by atoms with Crippen molar-refractivity contribution in [3.63, 3.8) is 0 Å². The summed E-state index contributed by atoms with van der Waals surface area (Å²) in [5, 5.41) is 3.11. The quantitative estimate of drug-likeness (QED) is 0.782. The Labute approximate surface area is 179 Å². The Kier molecular flexibility index (Phi) is 7.03. The first-order valence-electron chi connectivity index (χ1n) is 11.7. The minimum atomic E-state index is 0.140. The van der Waals surface area contributed by atoms with Crippen LogP contribution in [0.1, 0.15) is 70.0 Å². The molecule has 1 saturated carbocycles. The van der Waals surface area contributed by atoms with Crippen molar-refractivity contribution in [3.05, 3.63) is 30.1 Å². The highest BCUT2D eigenvalue weighted by molar-refractivity contribution is 5.80. The van der Waals surface area contributed by atoms with Crippen LogP contribution in [0, 0.1) is 5.92 Å². The molecule has 0 radical (unpaired) electrons. The Morgan fingerprint density at radius 3 is 2.43 bits per heavy atom. The molecule has 2 aromatic rings. The van der Waals surface area contributed by atoms with Gasteiger partial charge in [0.1, 0.15) is 5.82 Å². The Balaban J connectivity index is 1.43. The first-order valence-corrected chi connectivity index (χ1v) is 11.7. The van der Waals surface area contributed by atoms with Gasteiger partial charge in [-0.2, -0.15) is 0 Å². The average molecular weight is 411 g/mol. The van der Waals surface area contributed by atoms with Gasteiger partial charge in [-0.3, -0.25) is 9.59 Å². The predicted octanol–water partition coefficient (Wildman–Crippen LogP) is 4.03. The Morgan fingerprint density at radius 2 is 1.67 bits per heavy atom. The van der Waals surface area contributed by atoms with Crippen molar-refractivity contribution >= 4 is 22.8 Å². The van der Waals surface area contributed by atoms with Gasteiger partial charge in [-0.05, 0) is 37.8 Å². The van der Waals surface area contributed by atoms with Gasteiger partial charge in [-0.1, -0.05) is 44.2 Å². The highest BCUT2D eigenvalue weighted by atomic mass is 16.2. The maximum absolute atomic E-state index is 12.8. The summed E-state index contributed by atoms with van der Waals surface area (Å²) in [6.07, 6.45) is 10.7.